The van der Waals surface area contributed by atoms with Crippen LogP contribution >= 0.6 is 0 Å². The third-order valence-corrected chi connectivity index (χ3v) is 70.3. The zero-order valence-electron chi connectivity index (χ0n) is 25.4. The van der Waals surface area contributed by atoms with E-state index in [1.165, 1.54) is 55.6 Å². The second kappa shape index (κ2) is 9.77. The molecule has 0 aromatic heterocycles. The van der Waals surface area contributed by atoms with Gasteiger partial charge in [-0.1, -0.05) is 0 Å². The van der Waals surface area contributed by atoms with E-state index >= 15 is 0 Å². The van der Waals surface area contributed by atoms with E-state index in [-0.39, 0.29) is 0 Å². The van der Waals surface area contributed by atoms with Gasteiger partial charge in [0.25, 0.3) is 0 Å². The van der Waals surface area contributed by atoms with Crippen LogP contribution in [0.2, 0.25) is 22.5 Å². The Labute approximate surface area is 242 Å². The molecule has 0 amide bonds. The number of aryl methyl sites for hydroxylation is 4. The summed E-state index contributed by atoms with van der Waals surface area (Å²) in [4.78, 5) is 0. The standard InChI is InChI=1S/2C17H15.C2H6Si.2CH3.Hf/c2*1-12-9-10-13(2)17(11-12)16-8-4-6-14-5-3-7-15(14)16;1-3-2;;;/h2*3-11H,1-2H3;1-2H3;2*1H3;. The molecule has 2 heteroatoms. The molecule has 202 valence electrons. The van der Waals surface area contributed by atoms with Crippen LogP contribution in [0.15, 0.2) is 84.9 Å². The van der Waals surface area contributed by atoms with Crippen molar-refractivity contribution in [3.8, 4) is 22.3 Å². The van der Waals surface area contributed by atoms with E-state index in [0.717, 1.165) is 0 Å². The summed E-state index contributed by atoms with van der Waals surface area (Å²) in [5.41, 5.74) is 16.4. The van der Waals surface area contributed by atoms with Crippen LogP contribution in [0.1, 0.15) is 51.9 Å². The molecule has 4 aromatic carbocycles. The van der Waals surface area contributed by atoms with Crippen LogP contribution in [-0.2, 0) is 17.1 Å². The van der Waals surface area contributed by atoms with E-state index in [0.29, 0.717) is 7.35 Å². The van der Waals surface area contributed by atoms with Crippen molar-refractivity contribution in [1.29, 1.82) is 0 Å². The fraction of sp³-hybridized carbons (Fsp3) is 0.263. The van der Waals surface area contributed by atoms with Crippen molar-refractivity contribution < 1.29 is 17.1 Å². The molecule has 2 atom stereocenters. The molecule has 2 unspecified atom stereocenters. The molecule has 0 N–H and O–H groups in total. The average Bonchev–Trinajstić information content (AvgIpc) is 3.57. The van der Waals surface area contributed by atoms with Crippen molar-refractivity contribution in [3.05, 3.63) is 129 Å². The fourth-order valence-corrected chi connectivity index (χ4v) is 41.4. The minimum atomic E-state index is -3.69. The molecule has 0 saturated heterocycles. The number of rotatable bonds is 4. The number of hydrogen-bond donors (Lipinski definition) is 0. The van der Waals surface area contributed by atoms with Crippen molar-refractivity contribution in [1.82, 2.24) is 0 Å². The predicted octanol–water partition coefficient (Wildman–Crippen LogP) is 11.1. The predicted molar refractivity (Wildman–Crippen MR) is 175 cm³/mol. The Morgan fingerprint density at radius 3 is 1.38 bits per heavy atom. The first kappa shape index (κ1) is 27.6. The van der Waals surface area contributed by atoms with E-state index < -0.39 is 22.6 Å². The zero-order valence-corrected chi connectivity index (χ0v) is 30.0. The maximum atomic E-state index is 2.81. The topological polar surface area (TPSA) is 0 Å². The molecule has 0 aliphatic heterocycles. The van der Waals surface area contributed by atoms with Gasteiger partial charge < -0.3 is 0 Å². The number of fused-ring (bicyclic) bond motifs is 2. The Balaban J connectivity index is 1.52. The van der Waals surface area contributed by atoms with Crippen LogP contribution in [0, 0.1) is 27.7 Å². The van der Waals surface area contributed by atoms with Gasteiger partial charge in [-0.25, -0.2) is 0 Å². The SMILES string of the molecule is Cc1ccc(C)c(-c2cccc3c2C=C[CH]3[Hf]([CH3])([CH3])([CH]2C=Cc3c(-c4cc(C)ccc4C)cccc32)=[Si](C)C)c1. The third-order valence-electron chi connectivity index (χ3n) is 10.7. The van der Waals surface area contributed by atoms with Gasteiger partial charge in [0, 0.05) is 0 Å². The van der Waals surface area contributed by atoms with Crippen LogP contribution in [0.3, 0.4) is 0 Å². The summed E-state index contributed by atoms with van der Waals surface area (Å²) in [6, 6.07) is 28.0. The van der Waals surface area contributed by atoms with E-state index in [2.05, 4.69) is 147 Å². The van der Waals surface area contributed by atoms with Crippen molar-refractivity contribution >= 4 is 17.6 Å². The molecule has 0 saturated carbocycles. The third kappa shape index (κ3) is 4.09. The molecule has 0 radical (unpaired) electrons. The summed E-state index contributed by atoms with van der Waals surface area (Å²) in [5.74, 6) is 0. The van der Waals surface area contributed by atoms with Crippen LogP contribution in [0.5, 0.6) is 0 Å². The normalized spacial score (nSPS) is 17.7. The quantitative estimate of drug-likeness (QED) is 0.186. The van der Waals surface area contributed by atoms with Gasteiger partial charge in [0.1, 0.15) is 0 Å². The van der Waals surface area contributed by atoms with E-state index in [1.54, 1.807) is 11.1 Å². The van der Waals surface area contributed by atoms with Crippen LogP contribution < -0.4 is 0 Å². The van der Waals surface area contributed by atoms with Gasteiger partial charge >= 0.3 is 244 Å². The van der Waals surface area contributed by atoms with Crippen molar-refractivity contribution in [2.24, 2.45) is 0 Å². The van der Waals surface area contributed by atoms with Crippen molar-refractivity contribution in [2.75, 3.05) is 0 Å². The van der Waals surface area contributed by atoms with Crippen LogP contribution in [-0.4, -0.2) is 5.49 Å². The summed E-state index contributed by atoms with van der Waals surface area (Å²) in [5, 5.41) is 0. The first-order valence-corrected chi connectivity index (χ1v) is 34.0. The maximum absolute atomic E-state index is 3.69. The Morgan fingerprint density at radius 2 is 0.975 bits per heavy atom. The van der Waals surface area contributed by atoms with Gasteiger partial charge in [-0.05, 0) is 0 Å². The summed E-state index contributed by atoms with van der Waals surface area (Å²) in [6.45, 7) is 14.2. The number of hydrogen-bond acceptors (Lipinski definition) is 0. The number of allylic oxidation sites excluding steroid dienone is 2. The second-order valence-corrected chi connectivity index (χ2v) is 62.4. The zero-order chi connectivity index (χ0) is 28.4. The Hall–Kier alpha value is -2.55. The molecule has 2 aliphatic carbocycles. The Kier molecular flexibility index (Phi) is 6.75. The molecule has 4 aromatic rings. The molecule has 0 spiro atoms. The van der Waals surface area contributed by atoms with Gasteiger partial charge in [-0.15, -0.1) is 0 Å². The first-order valence-electron chi connectivity index (χ1n) is 14.8. The van der Waals surface area contributed by atoms with Gasteiger partial charge in [-0.2, -0.15) is 0 Å². The van der Waals surface area contributed by atoms with Crippen molar-refractivity contribution in [2.45, 2.75) is 57.5 Å². The van der Waals surface area contributed by atoms with Gasteiger partial charge in [0.15, 0.2) is 0 Å². The fourth-order valence-electron chi connectivity index (χ4n) is 7.56. The summed E-state index contributed by atoms with van der Waals surface area (Å²) < 4.78 is 6.75. The molecular weight excluding hydrogens is 663 g/mol. The van der Waals surface area contributed by atoms with Crippen molar-refractivity contribution in [3.63, 3.8) is 0 Å². The number of benzene rings is 4. The molecule has 0 nitrogen and oxygen atoms in total. The van der Waals surface area contributed by atoms with Crippen LogP contribution in [0.4, 0.5) is 0 Å². The van der Waals surface area contributed by atoms with Gasteiger partial charge in [-0.3, -0.25) is 0 Å². The summed E-state index contributed by atoms with van der Waals surface area (Å²) in [6.07, 6.45) is 10.2. The van der Waals surface area contributed by atoms with E-state index in [4.69, 9.17) is 0 Å². The molecule has 40 heavy (non-hydrogen) atoms. The van der Waals surface area contributed by atoms with Gasteiger partial charge in [0.05, 0.1) is 0 Å². The average molecular weight is 705 g/mol. The second-order valence-electron chi connectivity index (χ2n) is 13.5. The van der Waals surface area contributed by atoms with E-state index in [9.17, 15) is 0 Å². The minimum absolute atomic E-state index is 0.561. The molecule has 0 bridgehead atoms. The van der Waals surface area contributed by atoms with E-state index in [1.807, 2.05) is 0 Å². The molecule has 0 heterocycles. The molecule has 0 fully saturated rings. The Morgan fingerprint density at radius 1 is 0.550 bits per heavy atom. The summed E-state index contributed by atoms with van der Waals surface area (Å²) in [7, 11) is 0. The monoisotopic (exact) mass is 706 g/mol. The van der Waals surface area contributed by atoms with Crippen LogP contribution in [0.25, 0.3) is 34.4 Å². The van der Waals surface area contributed by atoms with Gasteiger partial charge in [0.2, 0.25) is 0 Å². The summed E-state index contributed by atoms with van der Waals surface area (Å²) >= 11 is -3.69. The molecule has 6 rings (SSSR count). The Bertz CT molecular complexity index is 1700. The molecule has 2 aliphatic rings. The first-order chi connectivity index (χ1) is 19.0. The molecular formula is C38H42HfSi.